The fraction of sp³-hybridized carbons (Fsp3) is 0. The minimum Gasteiger partial charge on any atom is -0.258 e. The van der Waals surface area contributed by atoms with Crippen molar-refractivity contribution >= 4 is 67.5 Å². The Morgan fingerprint density at radius 2 is 0.786 bits per heavy atom. The molecular formula is C12H4Cl2N4O8S2. The highest BCUT2D eigenvalue weighted by Crippen LogP contribution is 2.46. The monoisotopic (exact) mass is 466 g/mol. The van der Waals surface area contributed by atoms with E-state index in [-0.39, 0.29) is 9.79 Å². The molecule has 0 spiro atoms. The van der Waals surface area contributed by atoms with Crippen LogP contribution in [0.1, 0.15) is 0 Å². The van der Waals surface area contributed by atoms with E-state index in [4.69, 9.17) is 23.2 Å². The molecule has 2 aromatic carbocycles. The molecule has 0 N–H and O–H groups in total. The maximum absolute atomic E-state index is 11.0. The number of hydrogen-bond acceptors (Lipinski definition) is 10. The van der Waals surface area contributed by atoms with E-state index in [2.05, 4.69) is 0 Å². The summed E-state index contributed by atoms with van der Waals surface area (Å²) in [6, 6.07) is 3.91. The molecule has 0 heterocycles. The molecule has 28 heavy (non-hydrogen) atoms. The number of halogens is 2. The molecule has 2 aromatic rings. The van der Waals surface area contributed by atoms with E-state index in [1.807, 2.05) is 0 Å². The Bertz CT molecular complexity index is 883. The standard InChI is InChI=1S/C12H4Cl2N4O8S2/c13-11-7(15(19)20)1-5(2-8(11)16(21)22)27-28-6-3-9(17(23)24)12(14)10(4-6)18(25)26/h1-4H. The van der Waals surface area contributed by atoms with Gasteiger partial charge in [0.2, 0.25) is 0 Å². The van der Waals surface area contributed by atoms with Crippen molar-refractivity contribution in [2.45, 2.75) is 9.79 Å². The second-order valence-electron chi connectivity index (χ2n) is 4.75. The van der Waals surface area contributed by atoms with Crippen molar-refractivity contribution in [2.75, 3.05) is 0 Å². The molecule has 0 saturated heterocycles. The zero-order valence-electron chi connectivity index (χ0n) is 12.9. The molecule has 0 unspecified atom stereocenters. The van der Waals surface area contributed by atoms with Crippen molar-refractivity contribution in [2.24, 2.45) is 0 Å². The Kier molecular flexibility index (Phi) is 6.60. The highest BCUT2D eigenvalue weighted by Gasteiger charge is 2.27. The van der Waals surface area contributed by atoms with Crippen LogP contribution < -0.4 is 0 Å². The van der Waals surface area contributed by atoms with E-state index in [9.17, 15) is 40.5 Å². The van der Waals surface area contributed by atoms with Crippen LogP contribution in [0.5, 0.6) is 0 Å². The lowest BCUT2D eigenvalue weighted by Crippen LogP contribution is -1.96. The fourth-order valence-corrected chi connectivity index (χ4v) is 4.34. The molecule has 0 bridgehead atoms. The predicted molar refractivity (Wildman–Crippen MR) is 101 cm³/mol. The maximum atomic E-state index is 11.0. The van der Waals surface area contributed by atoms with Gasteiger partial charge in [0.05, 0.1) is 19.7 Å². The van der Waals surface area contributed by atoms with Crippen molar-refractivity contribution in [3.8, 4) is 0 Å². The van der Waals surface area contributed by atoms with Crippen LogP contribution in [0.3, 0.4) is 0 Å². The summed E-state index contributed by atoms with van der Waals surface area (Å²) in [5.41, 5.74) is -2.81. The van der Waals surface area contributed by atoms with Gasteiger partial charge in [0.25, 0.3) is 22.7 Å². The van der Waals surface area contributed by atoms with Crippen LogP contribution in [0.4, 0.5) is 22.7 Å². The normalized spacial score (nSPS) is 10.5. The minimum absolute atomic E-state index is 0.0352. The van der Waals surface area contributed by atoms with E-state index < -0.39 is 52.5 Å². The summed E-state index contributed by atoms with van der Waals surface area (Å²) in [6.45, 7) is 0. The number of nitrogens with zero attached hydrogens (tertiary/aromatic N) is 4. The summed E-state index contributed by atoms with van der Waals surface area (Å²) in [7, 11) is 1.51. The molecule has 0 fully saturated rings. The highest BCUT2D eigenvalue weighted by molar-refractivity contribution is 8.76. The molecule has 0 saturated carbocycles. The van der Waals surface area contributed by atoms with E-state index >= 15 is 0 Å². The average molecular weight is 467 g/mol. The van der Waals surface area contributed by atoms with Gasteiger partial charge in [0.15, 0.2) is 10.0 Å². The molecule has 0 aromatic heterocycles. The van der Waals surface area contributed by atoms with Crippen LogP contribution in [0, 0.1) is 40.5 Å². The van der Waals surface area contributed by atoms with Gasteiger partial charge in [-0.25, -0.2) is 0 Å². The topological polar surface area (TPSA) is 173 Å². The van der Waals surface area contributed by atoms with Gasteiger partial charge in [0.1, 0.15) is 0 Å². The molecule has 12 nitrogen and oxygen atoms in total. The molecule has 16 heteroatoms. The molecular weight excluding hydrogens is 463 g/mol. The Balaban J connectivity index is 2.44. The Morgan fingerprint density at radius 1 is 0.571 bits per heavy atom. The largest absolute Gasteiger partial charge is 0.296 e. The van der Waals surface area contributed by atoms with Gasteiger partial charge >= 0.3 is 0 Å². The van der Waals surface area contributed by atoms with Gasteiger partial charge in [-0.15, -0.1) is 0 Å². The third kappa shape index (κ3) is 4.59. The maximum Gasteiger partial charge on any atom is 0.296 e. The van der Waals surface area contributed by atoms with Crippen LogP contribution in [-0.4, -0.2) is 19.7 Å². The minimum atomic E-state index is -0.901. The van der Waals surface area contributed by atoms with Gasteiger partial charge in [-0.3, -0.25) is 40.5 Å². The van der Waals surface area contributed by atoms with Crippen molar-refractivity contribution in [3.05, 3.63) is 74.8 Å². The number of nitro benzene ring substituents is 4. The molecule has 2 rings (SSSR count). The number of benzene rings is 2. The Labute approximate surface area is 171 Å². The quantitative estimate of drug-likeness (QED) is 0.290. The lowest BCUT2D eigenvalue weighted by molar-refractivity contribution is -0.394. The van der Waals surface area contributed by atoms with E-state index in [0.29, 0.717) is 0 Å². The smallest absolute Gasteiger partial charge is 0.258 e. The first kappa shape index (κ1) is 21.6. The summed E-state index contributed by atoms with van der Waals surface area (Å²) in [4.78, 5) is 40.5. The van der Waals surface area contributed by atoms with Gasteiger partial charge in [-0.05, 0) is 0 Å². The van der Waals surface area contributed by atoms with Crippen molar-refractivity contribution in [1.29, 1.82) is 0 Å². The summed E-state index contributed by atoms with van der Waals surface area (Å²) in [5.74, 6) is 0. The zero-order chi connectivity index (χ0) is 21.2. The molecule has 0 aliphatic carbocycles. The molecule has 0 radical (unpaired) electrons. The lowest BCUT2D eigenvalue weighted by Gasteiger charge is -2.05. The Morgan fingerprint density at radius 3 is 0.964 bits per heavy atom. The average Bonchev–Trinajstić information content (AvgIpc) is 2.60. The van der Waals surface area contributed by atoms with Crippen molar-refractivity contribution < 1.29 is 19.7 Å². The van der Waals surface area contributed by atoms with Crippen LogP contribution in [-0.2, 0) is 0 Å². The van der Waals surface area contributed by atoms with Gasteiger partial charge in [-0.2, -0.15) is 0 Å². The number of nitro groups is 4. The van der Waals surface area contributed by atoms with Crippen LogP contribution >= 0.6 is 44.8 Å². The zero-order valence-corrected chi connectivity index (χ0v) is 16.1. The summed E-state index contributed by atoms with van der Waals surface area (Å²) < 4.78 is 0. The number of rotatable bonds is 7. The second kappa shape index (κ2) is 8.55. The van der Waals surface area contributed by atoms with Crippen molar-refractivity contribution in [3.63, 3.8) is 0 Å². The third-order valence-electron chi connectivity index (χ3n) is 3.04. The van der Waals surface area contributed by atoms with Crippen molar-refractivity contribution in [1.82, 2.24) is 0 Å². The first-order valence-corrected chi connectivity index (χ1v) is 9.52. The SMILES string of the molecule is O=[N+]([O-])c1cc(SSc2cc([N+](=O)[O-])c(Cl)c([N+](=O)[O-])c2)cc([N+](=O)[O-])c1Cl. The van der Waals surface area contributed by atoms with Crippen LogP contribution in [0.15, 0.2) is 34.1 Å². The fourth-order valence-electron chi connectivity index (χ4n) is 1.86. The summed E-state index contributed by atoms with van der Waals surface area (Å²) in [6.07, 6.45) is 0. The molecule has 0 amide bonds. The highest BCUT2D eigenvalue weighted by atomic mass is 35.5. The first-order chi connectivity index (χ1) is 13.0. The van der Waals surface area contributed by atoms with Crippen LogP contribution in [0.25, 0.3) is 0 Å². The second-order valence-corrected chi connectivity index (χ2v) is 7.78. The molecule has 146 valence electrons. The molecule has 0 aliphatic heterocycles. The van der Waals surface area contributed by atoms with E-state index in [1.165, 1.54) is 0 Å². The number of hydrogen-bond donors (Lipinski definition) is 0. The lowest BCUT2D eigenvalue weighted by atomic mass is 10.3. The Hall–Kier alpha value is -2.68. The third-order valence-corrected chi connectivity index (χ3v) is 6.16. The van der Waals surface area contributed by atoms with Gasteiger partial charge in [0, 0.05) is 34.1 Å². The van der Waals surface area contributed by atoms with Gasteiger partial charge < -0.3 is 0 Å². The molecule has 0 aliphatic rings. The van der Waals surface area contributed by atoms with Gasteiger partial charge in [-0.1, -0.05) is 44.8 Å². The molecule has 0 atom stereocenters. The summed E-state index contributed by atoms with van der Waals surface area (Å²) in [5, 5.41) is 42.8. The van der Waals surface area contributed by atoms with E-state index in [1.54, 1.807) is 0 Å². The summed E-state index contributed by atoms with van der Waals surface area (Å²) >= 11 is 11.3. The first-order valence-electron chi connectivity index (χ1n) is 6.62. The predicted octanol–water partition coefficient (Wildman–Crippen LogP) is 5.43. The van der Waals surface area contributed by atoms with Crippen LogP contribution in [0.2, 0.25) is 10.0 Å². The van der Waals surface area contributed by atoms with E-state index in [0.717, 1.165) is 45.9 Å².